The summed E-state index contributed by atoms with van der Waals surface area (Å²) in [5.74, 6) is 0.0686. The Morgan fingerprint density at radius 2 is 1.79 bits per heavy atom. The molecule has 0 spiro atoms. The van der Waals surface area contributed by atoms with Crippen LogP contribution in [0.1, 0.15) is 25.5 Å². The zero-order chi connectivity index (χ0) is 14.5. The fraction of sp³-hybridized carbons (Fsp3) is 0.462. The van der Waals surface area contributed by atoms with Crippen molar-refractivity contribution in [2.45, 2.75) is 26.1 Å². The zero-order valence-corrected chi connectivity index (χ0v) is 10.8. The lowest BCUT2D eigenvalue weighted by Gasteiger charge is -2.23. The second kappa shape index (κ2) is 6.45. The van der Waals surface area contributed by atoms with Crippen molar-refractivity contribution in [2.75, 3.05) is 6.54 Å². The van der Waals surface area contributed by atoms with Gasteiger partial charge in [0.05, 0.1) is 6.04 Å². The number of nitrogens with one attached hydrogen (secondary N) is 2. The average Bonchev–Trinajstić information content (AvgIpc) is 2.33. The molecule has 1 unspecified atom stereocenters. The number of urea groups is 1. The Hall–Kier alpha value is -1.72. The maximum atomic E-state index is 12.0. The number of carbonyl (C=O) groups is 1. The van der Waals surface area contributed by atoms with Crippen molar-refractivity contribution in [1.82, 2.24) is 10.6 Å². The second-order valence-corrected chi connectivity index (χ2v) is 4.57. The van der Waals surface area contributed by atoms with E-state index in [2.05, 4.69) is 5.32 Å². The molecule has 0 aromatic heterocycles. The molecule has 0 saturated heterocycles. The van der Waals surface area contributed by atoms with Gasteiger partial charge in [0.1, 0.15) is 6.54 Å². The Morgan fingerprint density at radius 3 is 2.26 bits per heavy atom. The normalized spacial score (nSPS) is 13.2. The van der Waals surface area contributed by atoms with Gasteiger partial charge in [-0.2, -0.15) is 13.2 Å². The molecular weight excluding hydrogens is 257 g/mol. The summed E-state index contributed by atoms with van der Waals surface area (Å²) >= 11 is 0. The number of alkyl halides is 3. The van der Waals surface area contributed by atoms with Gasteiger partial charge in [0, 0.05) is 0 Å². The van der Waals surface area contributed by atoms with E-state index in [1.165, 1.54) is 0 Å². The minimum atomic E-state index is -4.41. The van der Waals surface area contributed by atoms with Crippen molar-refractivity contribution < 1.29 is 18.0 Å². The third-order valence-corrected chi connectivity index (χ3v) is 2.56. The van der Waals surface area contributed by atoms with Gasteiger partial charge >= 0.3 is 12.2 Å². The van der Waals surface area contributed by atoms with Crippen molar-refractivity contribution in [2.24, 2.45) is 5.92 Å². The van der Waals surface area contributed by atoms with E-state index in [0.717, 1.165) is 5.56 Å². The van der Waals surface area contributed by atoms with Crippen LogP contribution in [-0.2, 0) is 0 Å². The highest BCUT2D eigenvalue weighted by atomic mass is 19.4. The monoisotopic (exact) mass is 274 g/mol. The fourth-order valence-corrected chi connectivity index (χ4v) is 1.67. The molecule has 0 aliphatic carbocycles. The molecule has 2 N–H and O–H groups in total. The van der Waals surface area contributed by atoms with E-state index in [9.17, 15) is 18.0 Å². The van der Waals surface area contributed by atoms with Crippen LogP contribution in [0.2, 0.25) is 0 Å². The van der Waals surface area contributed by atoms with Crippen LogP contribution in [0.3, 0.4) is 0 Å². The van der Waals surface area contributed by atoms with E-state index in [1.807, 2.05) is 44.2 Å². The first-order chi connectivity index (χ1) is 8.79. The molecule has 0 heterocycles. The number of carbonyl (C=O) groups excluding carboxylic acids is 1. The van der Waals surface area contributed by atoms with Gasteiger partial charge in [-0.3, -0.25) is 0 Å². The number of rotatable bonds is 4. The summed E-state index contributed by atoms with van der Waals surface area (Å²) in [4.78, 5) is 11.5. The molecule has 1 rings (SSSR count). The van der Waals surface area contributed by atoms with Gasteiger partial charge in [-0.15, -0.1) is 0 Å². The summed E-state index contributed by atoms with van der Waals surface area (Å²) in [6, 6.07) is 7.99. The quantitative estimate of drug-likeness (QED) is 0.869. The summed E-state index contributed by atoms with van der Waals surface area (Å²) in [6.07, 6.45) is -4.41. The summed E-state index contributed by atoms with van der Waals surface area (Å²) in [5, 5.41) is 4.36. The molecular formula is C13H17F3N2O. The standard InChI is InChI=1S/C13H17F3N2O/c1-9(2)11(10-6-4-3-5-7-10)18-12(19)17-8-13(14,15)16/h3-7,9,11H,8H2,1-2H3,(H2,17,18,19). The molecule has 1 atom stereocenters. The fourth-order valence-electron chi connectivity index (χ4n) is 1.67. The minimum Gasteiger partial charge on any atom is -0.331 e. The number of hydrogen-bond donors (Lipinski definition) is 2. The third-order valence-electron chi connectivity index (χ3n) is 2.56. The maximum Gasteiger partial charge on any atom is 0.405 e. The van der Waals surface area contributed by atoms with Crippen LogP contribution in [0.5, 0.6) is 0 Å². The number of halogens is 3. The van der Waals surface area contributed by atoms with Gasteiger partial charge in [0.15, 0.2) is 0 Å². The second-order valence-electron chi connectivity index (χ2n) is 4.57. The molecule has 6 heteroatoms. The van der Waals surface area contributed by atoms with Gasteiger partial charge in [-0.05, 0) is 11.5 Å². The Bertz CT molecular complexity index is 404. The molecule has 106 valence electrons. The van der Waals surface area contributed by atoms with Crippen molar-refractivity contribution in [3.8, 4) is 0 Å². The van der Waals surface area contributed by atoms with Crippen molar-refractivity contribution in [3.05, 3.63) is 35.9 Å². The predicted octanol–water partition coefficient (Wildman–Crippen LogP) is 3.25. The molecule has 0 aliphatic rings. The smallest absolute Gasteiger partial charge is 0.331 e. The molecule has 0 aliphatic heterocycles. The van der Waals surface area contributed by atoms with E-state index in [4.69, 9.17) is 0 Å². The maximum absolute atomic E-state index is 12.0. The van der Waals surface area contributed by atoms with Crippen LogP contribution in [0, 0.1) is 5.92 Å². The number of amides is 2. The largest absolute Gasteiger partial charge is 0.405 e. The van der Waals surface area contributed by atoms with E-state index in [0.29, 0.717) is 0 Å². The van der Waals surface area contributed by atoms with E-state index < -0.39 is 18.8 Å². The number of hydrogen-bond acceptors (Lipinski definition) is 1. The lowest BCUT2D eigenvalue weighted by Crippen LogP contribution is -2.43. The average molecular weight is 274 g/mol. The Morgan fingerprint density at radius 1 is 1.21 bits per heavy atom. The highest BCUT2D eigenvalue weighted by molar-refractivity contribution is 5.74. The van der Waals surface area contributed by atoms with Gasteiger partial charge in [-0.1, -0.05) is 44.2 Å². The SMILES string of the molecule is CC(C)C(NC(=O)NCC(F)(F)F)c1ccccc1. The minimum absolute atomic E-state index is 0.0686. The molecule has 0 radical (unpaired) electrons. The Labute approximate surface area is 110 Å². The summed E-state index contributed by atoms with van der Waals surface area (Å²) in [7, 11) is 0. The molecule has 0 bridgehead atoms. The van der Waals surface area contributed by atoms with Crippen LogP contribution in [0.15, 0.2) is 30.3 Å². The van der Waals surface area contributed by atoms with Crippen LogP contribution in [0.25, 0.3) is 0 Å². The van der Waals surface area contributed by atoms with E-state index in [1.54, 1.807) is 5.32 Å². The molecule has 1 aromatic carbocycles. The van der Waals surface area contributed by atoms with Crippen molar-refractivity contribution >= 4 is 6.03 Å². The number of benzene rings is 1. The van der Waals surface area contributed by atoms with Gasteiger partial charge in [0.2, 0.25) is 0 Å². The first-order valence-corrected chi connectivity index (χ1v) is 5.95. The summed E-state index contributed by atoms with van der Waals surface area (Å²) in [6.45, 7) is 2.45. The molecule has 19 heavy (non-hydrogen) atoms. The summed E-state index contributed by atoms with van der Waals surface area (Å²) < 4.78 is 36.0. The molecule has 3 nitrogen and oxygen atoms in total. The van der Waals surface area contributed by atoms with Gasteiger partial charge in [-0.25, -0.2) is 4.79 Å². The zero-order valence-electron chi connectivity index (χ0n) is 10.8. The van der Waals surface area contributed by atoms with Crippen LogP contribution in [0.4, 0.5) is 18.0 Å². The highest BCUT2D eigenvalue weighted by Crippen LogP contribution is 2.21. The van der Waals surface area contributed by atoms with Crippen LogP contribution < -0.4 is 10.6 Å². The van der Waals surface area contributed by atoms with Gasteiger partial charge < -0.3 is 10.6 Å². The van der Waals surface area contributed by atoms with Crippen LogP contribution >= 0.6 is 0 Å². The lowest BCUT2D eigenvalue weighted by atomic mass is 9.96. The topological polar surface area (TPSA) is 41.1 Å². The lowest BCUT2D eigenvalue weighted by molar-refractivity contribution is -0.122. The van der Waals surface area contributed by atoms with Gasteiger partial charge in [0.25, 0.3) is 0 Å². The Kier molecular flexibility index (Phi) is 5.20. The van der Waals surface area contributed by atoms with Crippen molar-refractivity contribution in [3.63, 3.8) is 0 Å². The molecule has 2 amide bonds. The van der Waals surface area contributed by atoms with E-state index in [-0.39, 0.29) is 12.0 Å². The van der Waals surface area contributed by atoms with E-state index >= 15 is 0 Å². The first kappa shape index (κ1) is 15.3. The van der Waals surface area contributed by atoms with Crippen molar-refractivity contribution in [1.29, 1.82) is 0 Å². The molecule has 0 saturated carbocycles. The molecule has 1 aromatic rings. The first-order valence-electron chi connectivity index (χ1n) is 5.95. The third kappa shape index (κ3) is 5.63. The summed E-state index contributed by atoms with van der Waals surface area (Å²) in [5.41, 5.74) is 0.861. The van der Waals surface area contributed by atoms with Crippen LogP contribution in [-0.4, -0.2) is 18.8 Å². The predicted molar refractivity (Wildman–Crippen MR) is 66.6 cm³/mol. The highest BCUT2D eigenvalue weighted by Gasteiger charge is 2.28. The molecule has 0 fully saturated rings. The Balaban J connectivity index is 2.63.